The van der Waals surface area contributed by atoms with E-state index in [1.54, 1.807) is 12.3 Å². The molecule has 1 heterocycles. The van der Waals surface area contributed by atoms with Crippen LogP contribution in [0.15, 0.2) is 41.8 Å². The Kier molecular flexibility index (Phi) is 6.26. The predicted molar refractivity (Wildman–Crippen MR) is 92.1 cm³/mol. The van der Waals surface area contributed by atoms with Crippen molar-refractivity contribution in [2.75, 3.05) is 6.61 Å². The third kappa shape index (κ3) is 5.03. The van der Waals surface area contributed by atoms with Gasteiger partial charge in [0, 0.05) is 0 Å². The van der Waals surface area contributed by atoms with E-state index in [2.05, 4.69) is 5.32 Å². The van der Waals surface area contributed by atoms with Crippen molar-refractivity contribution in [3.63, 3.8) is 0 Å². The van der Waals surface area contributed by atoms with E-state index >= 15 is 0 Å². The summed E-state index contributed by atoms with van der Waals surface area (Å²) in [5.74, 6) is -1.17. The van der Waals surface area contributed by atoms with Crippen molar-refractivity contribution in [3.8, 4) is 0 Å². The van der Waals surface area contributed by atoms with Crippen molar-refractivity contribution in [2.24, 2.45) is 0 Å². The second kappa shape index (κ2) is 8.40. The van der Waals surface area contributed by atoms with Crippen molar-refractivity contribution < 1.29 is 19.1 Å². The summed E-state index contributed by atoms with van der Waals surface area (Å²) in [6.07, 6.45) is 0.403. The molecule has 5 nitrogen and oxygen atoms in total. The van der Waals surface area contributed by atoms with E-state index in [1.165, 1.54) is 18.3 Å². The number of aryl methyl sites for hydroxylation is 1. The molecule has 0 unspecified atom stereocenters. The Labute approximate surface area is 144 Å². The topological polar surface area (TPSA) is 72.5 Å². The molecular weight excluding hydrogens is 326 g/mol. The molecule has 0 bridgehead atoms. The van der Waals surface area contributed by atoms with Crippen LogP contribution in [0.1, 0.15) is 27.7 Å². The van der Waals surface area contributed by atoms with Crippen LogP contribution in [0, 0.1) is 6.92 Å². The number of ether oxygens (including phenoxy) is 1. The Morgan fingerprint density at radius 1 is 1.17 bits per heavy atom. The molecule has 0 saturated heterocycles. The van der Waals surface area contributed by atoms with Crippen LogP contribution in [-0.2, 0) is 20.7 Å². The fourth-order valence-electron chi connectivity index (χ4n) is 2.16. The average Bonchev–Trinajstić information content (AvgIpc) is 2.99. The van der Waals surface area contributed by atoms with Crippen LogP contribution < -0.4 is 5.32 Å². The van der Waals surface area contributed by atoms with Crippen LogP contribution in [0.25, 0.3) is 0 Å². The molecule has 24 heavy (non-hydrogen) atoms. The van der Waals surface area contributed by atoms with E-state index in [4.69, 9.17) is 4.74 Å². The maximum atomic E-state index is 12.0. The lowest BCUT2D eigenvalue weighted by Gasteiger charge is -2.16. The molecule has 1 aromatic carbocycles. The number of hydrogen-bond acceptors (Lipinski definition) is 5. The first-order valence-corrected chi connectivity index (χ1v) is 8.40. The number of ketones is 1. The zero-order valence-electron chi connectivity index (χ0n) is 13.6. The van der Waals surface area contributed by atoms with Crippen molar-refractivity contribution in [2.45, 2.75) is 26.3 Å². The summed E-state index contributed by atoms with van der Waals surface area (Å²) < 4.78 is 5.01. The van der Waals surface area contributed by atoms with E-state index in [1.807, 2.05) is 36.4 Å². The number of Topliss-reactive ketones (excluding diaryl/α,β-unsaturated/α-hetero) is 1. The van der Waals surface area contributed by atoms with Crippen molar-refractivity contribution in [1.29, 1.82) is 0 Å². The summed E-state index contributed by atoms with van der Waals surface area (Å²) in [7, 11) is 0. The highest BCUT2D eigenvalue weighted by Gasteiger charge is 2.19. The van der Waals surface area contributed by atoms with Crippen LogP contribution in [0.5, 0.6) is 0 Å². The second-order valence-corrected chi connectivity index (χ2v) is 6.35. The molecule has 2 rings (SSSR count). The highest BCUT2D eigenvalue weighted by Crippen LogP contribution is 2.16. The highest BCUT2D eigenvalue weighted by atomic mass is 32.1. The van der Waals surface area contributed by atoms with Crippen LogP contribution in [-0.4, -0.2) is 30.3 Å². The van der Waals surface area contributed by atoms with Gasteiger partial charge >= 0.3 is 5.97 Å². The van der Waals surface area contributed by atoms with E-state index in [-0.39, 0.29) is 5.78 Å². The maximum Gasteiger partial charge on any atom is 0.349 e. The lowest BCUT2D eigenvalue weighted by Crippen LogP contribution is -2.43. The molecule has 0 saturated carbocycles. The van der Waals surface area contributed by atoms with E-state index in [0.717, 1.165) is 11.1 Å². The number of nitrogens with one attached hydrogen (secondary N) is 1. The summed E-state index contributed by atoms with van der Waals surface area (Å²) in [5, 5.41) is 4.41. The number of benzene rings is 1. The van der Waals surface area contributed by atoms with E-state index in [0.29, 0.717) is 11.3 Å². The maximum absolute atomic E-state index is 12.0. The Hall–Kier alpha value is -2.47. The largest absolute Gasteiger partial charge is 0.451 e. The minimum absolute atomic E-state index is 0.146. The Balaban J connectivity index is 1.88. The molecule has 0 spiro atoms. The smallest absolute Gasteiger partial charge is 0.349 e. The third-order valence-electron chi connectivity index (χ3n) is 3.49. The molecule has 0 fully saturated rings. The summed E-state index contributed by atoms with van der Waals surface area (Å²) >= 11 is 1.27. The van der Waals surface area contributed by atoms with Gasteiger partial charge in [-0.05, 0) is 42.8 Å². The van der Waals surface area contributed by atoms with Gasteiger partial charge in [0.15, 0.2) is 12.4 Å². The van der Waals surface area contributed by atoms with Gasteiger partial charge in [0.1, 0.15) is 4.88 Å². The van der Waals surface area contributed by atoms with Gasteiger partial charge in [-0.25, -0.2) is 4.79 Å². The van der Waals surface area contributed by atoms with Gasteiger partial charge in [-0.2, -0.15) is 0 Å². The zero-order chi connectivity index (χ0) is 17.5. The molecule has 126 valence electrons. The fraction of sp³-hybridized carbons (Fsp3) is 0.278. The second-order valence-electron chi connectivity index (χ2n) is 5.43. The first kappa shape index (κ1) is 17.9. The molecule has 1 N–H and O–H groups in total. The molecule has 0 aliphatic heterocycles. The van der Waals surface area contributed by atoms with Gasteiger partial charge < -0.3 is 10.1 Å². The first-order chi connectivity index (χ1) is 11.5. The number of carbonyl (C=O) groups excluding carboxylic acids is 3. The standard InChI is InChI=1S/C18H19NO4S/c1-12-8-9-24-17(12)18(22)23-11-16(21)19-15(13(2)20)10-14-6-4-3-5-7-14/h3-9,15H,10-11H2,1-2H3,(H,19,21)/t15-/m1/s1. The lowest BCUT2D eigenvalue weighted by atomic mass is 10.0. The quantitative estimate of drug-likeness (QED) is 0.783. The van der Waals surface area contributed by atoms with E-state index in [9.17, 15) is 14.4 Å². The highest BCUT2D eigenvalue weighted by molar-refractivity contribution is 7.12. The SMILES string of the molecule is CC(=O)[C@@H](Cc1ccccc1)NC(=O)COC(=O)c1sccc1C. The summed E-state index contributed by atoms with van der Waals surface area (Å²) in [5.41, 5.74) is 1.76. The van der Waals surface area contributed by atoms with Crippen LogP contribution in [0.2, 0.25) is 0 Å². The molecule has 0 aliphatic rings. The molecule has 6 heteroatoms. The van der Waals surface area contributed by atoms with E-state index < -0.39 is 24.5 Å². The van der Waals surface area contributed by atoms with Crippen LogP contribution in [0.4, 0.5) is 0 Å². The Morgan fingerprint density at radius 3 is 2.46 bits per heavy atom. The van der Waals surface area contributed by atoms with Gasteiger partial charge in [-0.3, -0.25) is 9.59 Å². The summed E-state index contributed by atoms with van der Waals surface area (Å²) in [6.45, 7) is 2.82. The van der Waals surface area contributed by atoms with Gasteiger partial charge in [0.2, 0.25) is 0 Å². The average molecular weight is 345 g/mol. The van der Waals surface area contributed by atoms with Gasteiger partial charge in [-0.15, -0.1) is 11.3 Å². The van der Waals surface area contributed by atoms with Crippen LogP contribution in [0.3, 0.4) is 0 Å². The Bertz CT molecular complexity index is 724. The first-order valence-electron chi connectivity index (χ1n) is 7.52. The summed E-state index contributed by atoms with van der Waals surface area (Å²) in [4.78, 5) is 36.1. The number of rotatable bonds is 7. The van der Waals surface area contributed by atoms with Gasteiger partial charge in [0.05, 0.1) is 6.04 Å². The minimum atomic E-state index is -0.637. The number of amides is 1. The molecule has 1 atom stereocenters. The van der Waals surface area contributed by atoms with Crippen molar-refractivity contribution in [1.82, 2.24) is 5.32 Å². The predicted octanol–water partition coefficient (Wildman–Crippen LogP) is 2.53. The third-order valence-corrected chi connectivity index (χ3v) is 4.49. The monoisotopic (exact) mass is 345 g/mol. The minimum Gasteiger partial charge on any atom is -0.451 e. The lowest BCUT2D eigenvalue weighted by molar-refractivity contribution is -0.128. The number of thiophene rings is 1. The van der Waals surface area contributed by atoms with Crippen LogP contribution >= 0.6 is 11.3 Å². The normalized spacial score (nSPS) is 11.6. The number of esters is 1. The number of hydrogen-bond donors (Lipinski definition) is 1. The fourth-order valence-corrected chi connectivity index (χ4v) is 2.98. The molecular formula is C18H19NO4S. The Morgan fingerprint density at radius 2 is 1.88 bits per heavy atom. The van der Waals surface area contributed by atoms with Gasteiger partial charge in [0.25, 0.3) is 5.91 Å². The van der Waals surface area contributed by atoms with Crippen molar-refractivity contribution >= 4 is 29.0 Å². The number of carbonyl (C=O) groups is 3. The zero-order valence-corrected chi connectivity index (χ0v) is 14.4. The molecule has 2 aromatic rings. The van der Waals surface area contributed by atoms with Gasteiger partial charge in [-0.1, -0.05) is 30.3 Å². The molecule has 1 aromatic heterocycles. The molecule has 0 aliphatic carbocycles. The summed E-state index contributed by atoms with van der Waals surface area (Å²) in [6, 6.07) is 10.6. The molecule has 1 amide bonds. The molecule has 0 radical (unpaired) electrons. The van der Waals surface area contributed by atoms with Crippen molar-refractivity contribution in [3.05, 3.63) is 57.8 Å².